The predicted molar refractivity (Wildman–Crippen MR) is 59.3 cm³/mol. The van der Waals surface area contributed by atoms with Crippen molar-refractivity contribution in [3.05, 3.63) is 0 Å². The third-order valence-corrected chi connectivity index (χ3v) is 3.64. The number of carbonyl (C=O) groups is 1. The topological polar surface area (TPSA) is 46.5 Å². The van der Waals surface area contributed by atoms with Gasteiger partial charge in [-0.25, -0.2) is 9.53 Å². The van der Waals surface area contributed by atoms with Gasteiger partial charge in [-0.05, 0) is 0 Å². The Hall–Kier alpha value is -2.04. The highest BCUT2D eigenvalue weighted by molar-refractivity contribution is 5.77. The number of carboxylic acid groups (broad SMARTS) is 1. The fourth-order valence-corrected chi connectivity index (χ4v) is 1.71. The minimum atomic E-state index is -9.25. The Morgan fingerprint density at radius 1 is 0.429 bits per heavy atom. The molecule has 3 nitrogen and oxygen atoms in total. The second-order valence-electron chi connectivity index (χ2n) is 5.96. The van der Waals surface area contributed by atoms with Crippen molar-refractivity contribution in [2.75, 3.05) is 0 Å². The number of hydrogen-bond donors (Lipinski definition) is 1. The first-order chi connectivity index (χ1) is 14.7. The average Bonchev–Trinajstić information content (AvgIpc) is 2.57. The predicted octanol–water partition coefficient (Wildman–Crippen LogP) is 6.28. The number of rotatable bonds is 10. The summed E-state index contributed by atoms with van der Waals surface area (Å²) in [5.41, 5.74) is 0. The van der Waals surface area contributed by atoms with Crippen molar-refractivity contribution < 1.29 is 107 Å². The molecule has 0 aromatic rings. The Morgan fingerprint density at radius 3 is 0.886 bits per heavy atom. The highest BCUT2D eigenvalue weighted by atomic mass is 19.4. The number of carboxylic acids is 1. The lowest BCUT2D eigenvalue weighted by Crippen LogP contribution is -2.76. The van der Waals surface area contributed by atoms with Gasteiger partial charge in [0.25, 0.3) is 0 Å². The summed E-state index contributed by atoms with van der Waals surface area (Å²) in [4.78, 5) is 9.85. The molecular weight excluding hydrogens is 579 g/mol. The minimum Gasteiger partial charge on any atom is -0.477 e. The van der Waals surface area contributed by atoms with E-state index in [0.29, 0.717) is 0 Å². The summed E-state index contributed by atoms with van der Waals surface area (Å²) in [6, 6.07) is 0. The average molecular weight is 580 g/mol. The van der Waals surface area contributed by atoms with Gasteiger partial charge in [-0.2, -0.15) is 79.0 Å². The molecule has 0 aliphatic carbocycles. The first-order valence-corrected chi connectivity index (χ1v) is 7.05. The smallest absolute Gasteiger partial charge is 0.477 e. The molecule has 0 bridgehead atoms. The highest BCUT2D eigenvalue weighted by Gasteiger charge is 2.97. The summed E-state index contributed by atoms with van der Waals surface area (Å²) in [6.45, 7) is 0. The quantitative estimate of drug-likeness (QED) is 0.310. The van der Waals surface area contributed by atoms with Crippen LogP contribution in [-0.2, 0) is 9.53 Å². The fourth-order valence-electron chi connectivity index (χ4n) is 1.71. The zero-order valence-electron chi connectivity index (χ0n) is 14.7. The zero-order valence-corrected chi connectivity index (χ0v) is 14.7. The SMILES string of the molecule is O=C(O)C(F)(F)C(F)(F)C(F)(F)C(F)(F)C(F)(F)C(F)(F)C(F)(F)C(F)(F)C(F)(F)OC(F)(F)F. The van der Waals surface area contributed by atoms with Gasteiger partial charge in [0.1, 0.15) is 0 Å². The van der Waals surface area contributed by atoms with E-state index in [1.807, 2.05) is 0 Å². The first kappa shape index (κ1) is 33.0. The molecule has 0 saturated carbocycles. The maximum atomic E-state index is 13.3. The van der Waals surface area contributed by atoms with Crippen molar-refractivity contribution in [1.82, 2.24) is 0 Å². The van der Waals surface area contributed by atoms with Crippen LogP contribution in [0.5, 0.6) is 0 Å². The summed E-state index contributed by atoms with van der Waals surface area (Å²) >= 11 is 0. The molecule has 24 heteroatoms. The van der Waals surface area contributed by atoms with E-state index in [0.717, 1.165) is 4.74 Å². The molecule has 0 rings (SSSR count). The van der Waals surface area contributed by atoms with Crippen molar-refractivity contribution in [3.8, 4) is 0 Å². The van der Waals surface area contributed by atoms with E-state index in [-0.39, 0.29) is 0 Å². The second kappa shape index (κ2) is 7.98. The van der Waals surface area contributed by atoms with Crippen molar-refractivity contribution in [3.63, 3.8) is 0 Å². The van der Waals surface area contributed by atoms with Crippen molar-refractivity contribution in [2.24, 2.45) is 0 Å². The Bertz CT molecular complexity index is 808. The van der Waals surface area contributed by atoms with Crippen LogP contribution in [0, 0.1) is 0 Å². The number of alkyl halides is 21. The molecular formula is C11HF21O3. The van der Waals surface area contributed by atoms with E-state index in [4.69, 9.17) is 5.11 Å². The maximum Gasteiger partial charge on any atom is 0.527 e. The van der Waals surface area contributed by atoms with Gasteiger partial charge >= 0.3 is 65.8 Å². The monoisotopic (exact) mass is 580 g/mol. The molecule has 0 aromatic heterocycles. The molecule has 35 heavy (non-hydrogen) atoms. The van der Waals surface area contributed by atoms with Gasteiger partial charge in [-0.15, -0.1) is 13.2 Å². The van der Waals surface area contributed by atoms with Gasteiger partial charge in [0.15, 0.2) is 0 Å². The third-order valence-electron chi connectivity index (χ3n) is 3.64. The largest absolute Gasteiger partial charge is 0.527 e. The fraction of sp³-hybridized carbons (Fsp3) is 0.909. The zero-order chi connectivity index (χ0) is 29.3. The van der Waals surface area contributed by atoms with Crippen LogP contribution < -0.4 is 0 Å². The molecule has 0 saturated heterocycles. The Balaban J connectivity index is 7.01. The van der Waals surface area contributed by atoms with E-state index in [9.17, 15) is 97.0 Å². The van der Waals surface area contributed by atoms with Crippen molar-refractivity contribution in [2.45, 2.75) is 59.9 Å². The van der Waals surface area contributed by atoms with Gasteiger partial charge in [0, 0.05) is 0 Å². The number of ether oxygens (including phenoxy) is 1. The van der Waals surface area contributed by atoms with E-state index < -0.39 is 65.8 Å². The maximum absolute atomic E-state index is 13.3. The van der Waals surface area contributed by atoms with E-state index in [1.165, 1.54) is 0 Å². The van der Waals surface area contributed by atoms with Crippen LogP contribution >= 0.6 is 0 Å². The molecule has 0 amide bonds. The molecule has 1 N–H and O–H groups in total. The van der Waals surface area contributed by atoms with E-state index in [1.54, 1.807) is 0 Å². The van der Waals surface area contributed by atoms with Gasteiger partial charge in [-0.3, -0.25) is 0 Å². The highest BCUT2D eigenvalue weighted by Crippen LogP contribution is 2.65. The lowest BCUT2D eigenvalue weighted by Gasteiger charge is -2.43. The Morgan fingerprint density at radius 2 is 0.657 bits per heavy atom. The Labute approximate surface area is 174 Å². The number of hydrogen-bond acceptors (Lipinski definition) is 2. The number of aliphatic carboxylic acids is 1. The van der Waals surface area contributed by atoms with Gasteiger partial charge in [0.05, 0.1) is 0 Å². The summed E-state index contributed by atoms with van der Waals surface area (Å²) in [5.74, 6) is -74.9. The second-order valence-corrected chi connectivity index (χ2v) is 5.96. The summed E-state index contributed by atoms with van der Waals surface area (Å²) in [5, 5.41) is 7.63. The van der Waals surface area contributed by atoms with E-state index >= 15 is 0 Å². The lowest BCUT2D eigenvalue weighted by atomic mass is 9.87. The molecule has 0 aromatic carbocycles. The normalized spacial score (nSPS) is 16.5. The van der Waals surface area contributed by atoms with Crippen LogP contribution in [0.15, 0.2) is 0 Å². The molecule has 210 valence electrons. The molecule has 0 spiro atoms. The van der Waals surface area contributed by atoms with Crippen LogP contribution in [0.4, 0.5) is 92.2 Å². The lowest BCUT2D eigenvalue weighted by molar-refractivity contribution is -0.510. The summed E-state index contributed by atoms with van der Waals surface area (Å²) in [7, 11) is 0. The van der Waals surface area contributed by atoms with E-state index in [2.05, 4.69) is 0 Å². The van der Waals surface area contributed by atoms with Crippen LogP contribution in [0.2, 0.25) is 0 Å². The molecule has 0 atom stereocenters. The third kappa shape index (κ3) is 4.27. The summed E-state index contributed by atoms with van der Waals surface area (Å²) < 4.78 is 271. The molecule has 0 aliphatic heterocycles. The van der Waals surface area contributed by atoms with Crippen molar-refractivity contribution in [1.29, 1.82) is 0 Å². The first-order valence-electron chi connectivity index (χ1n) is 7.05. The van der Waals surface area contributed by atoms with Crippen LogP contribution in [0.1, 0.15) is 0 Å². The molecule has 0 radical (unpaired) electrons. The molecule has 0 fully saturated rings. The minimum absolute atomic E-state index is 1.00. The summed E-state index contributed by atoms with van der Waals surface area (Å²) in [6.07, 6.45) is -15.3. The standard InChI is InChI=1S/C11HF21O3/c12-2(13,1(33)34)3(14,15)4(16,17)5(18,19)6(20,21)7(22,23)8(24,25)9(26,27)10(28,29)35-11(30,31)32/h(H,33,34). The molecule has 0 heterocycles. The van der Waals surface area contributed by atoms with Crippen LogP contribution in [0.25, 0.3) is 0 Å². The van der Waals surface area contributed by atoms with Crippen LogP contribution in [0.3, 0.4) is 0 Å². The number of halogens is 21. The van der Waals surface area contributed by atoms with Crippen LogP contribution in [-0.4, -0.2) is 70.9 Å². The Kier molecular flexibility index (Phi) is 7.51. The van der Waals surface area contributed by atoms with Gasteiger partial charge < -0.3 is 5.11 Å². The molecule has 0 aliphatic rings. The van der Waals surface area contributed by atoms with Crippen molar-refractivity contribution >= 4 is 5.97 Å². The molecule has 0 unspecified atom stereocenters. The van der Waals surface area contributed by atoms with Gasteiger partial charge in [-0.1, -0.05) is 0 Å². The van der Waals surface area contributed by atoms with Gasteiger partial charge in [0.2, 0.25) is 0 Å².